The van der Waals surface area contributed by atoms with Gasteiger partial charge in [0.25, 0.3) is 0 Å². The zero-order valence-corrected chi connectivity index (χ0v) is 13.5. The van der Waals surface area contributed by atoms with E-state index in [9.17, 15) is 0 Å². The van der Waals surface area contributed by atoms with Gasteiger partial charge >= 0.3 is 21.1 Å². The second-order valence-electron chi connectivity index (χ2n) is 3.25. The third kappa shape index (κ3) is 3.87. The minimum Gasteiger partial charge on any atom is -0.520 e. The Morgan fingerprint density at radius 1 is 1.39 bits per heavy atom. The molecule has 1 heterocycles. The quantitative estimate of drug-likeness (QED) is 0.229. The monoisotopic (exact) mass is 456 g/mol. The molecule has 0 saturated carbocycles. The van der Waals surface area contributed by atoms with Gasteiger partial charge < -0.3 is 10.5 Å². The van der Waals surface area contributed by atoms with E-state index in [1.165, 1.54) is 11.8 Å². The van der Waals surface area contributed by atoms with Gasteiger partial charge in [-0.1, -0.05) is 36.0 Å². The Labute approximate surface area is 130 Å². The summed E-state index contributed by atoms with van der Waals surface area (Å²) in [6, 6.07) is 10.0. The number of thiol groups is 1. The van der Waals surface area contributed by atoms with Crippen LogP contribution in [0.4, 0.5) is 0 Å². The summed E-state index contributed by atoms with van der Waals surface area (Å²) in [7, 11) is 0. The molecule has 1 aromatic heterocycles. The molecule has 0 aliphatic carbocycles. The topological polar surface area (TPSA) is 39.4 Å². The van der Waals surface area contributed by atoms with Crippen molar-refractivity contribution in [1.82, 2.24) is 4.98 Å². The normalized spacial score (nSPS) is 10.3. The van der Waals surface area contributed by atoms with Crippen molar-refractivity contribution in [3.05, 3.63) is 47.6 Å². The van der Waals surface area contributed by atoms with Crippen molar-refractivity contribution in [2.75, 3.05) is 6.26 Å². The van der Waals surface area contributed by atoms with Gasteiger partial charge in [-0.25, -0.2) is 0 Å². The maximum Gasteiger partial charge on any atom is 2.00 e. The van der Waals surface area contributed by atoms with Crippen molar-refractivity contribution in [1.29, 1.82) is 0 Å². The van der Waals surface area contributed by atoms with E-state index in [0.717, 1.165) is 16.5 Å². The Morgan fingerprint density at radius 3 is 2.94 bits per heavy atom. The first-order valence-corrected chi connectivity index (χ1v) is 6.66. The van der Waals surface area contributed by atoms with Crippen molar-refractivity contribution >= 4 is 45.3 Å². The van der Waals surface area contributed by atoms with Crippen LogP contribution in [0.2, 0.25) is 0 Å². The van der Waals surface area contributed by atoms with Gasteiger partial charge in [-0.05, 0) is 17.7 Å². The van der Waals surface area contributed by atoms with E-state index in [0.29, 0.717) is 4.32 Å². The van der Waals surface area contributed by atoms with Crippen molar-refractivity contribution < 1.29 is 21.1 Å². The predicted octanol–water partition coefficient (Wildman–Crippen LogP) is 2.67. The molecule has 0 bridgehead atoms. The molecule has 0 saturated heterocycles. The molecule has 0 unspecified atom stereocenters. The standard InChI is InChI=1S/C12H11N3S2.Pt/c1-17-12(16)15-14-8-11-10-5-3-2-4-9(10)6-7-13-11;/h2-8H,1H3,(H,13,15,16);/q;+2. The Morgan fingerprint density at radius 2 is 2.17 bits per heavy atom. The van der Waals surface area contributed by atoms with Crippen LogP contribution in [-0.4, -0.2) is 21.8 Å². The minimum absolute atomic E-state index is 0. The number of thioether (sulfide) groups is 1. The molecule has 18 heavy (non-hydrogen) atoms. The molecular formula is C12H11N3PtS2+2. The van der Waals surface area contributed by atoms with Gasteiger partial charge in [0, 0.05) is 17.8 Å². The summed E-state index contributed by atoms with van der Waals surface area (Å²) in [5.74, 6) is 0. The second-order valence-corrected chi connectivity index (χ2v) is 4.77. The first kappa shape index (κ1) is 15.3. The molecule has 94 valence electrons. The number of pyridine rings is 1. The summed E-state index contributed by atoms with van der Waals surface area (Å²) in [5.41, 5.74) is 4.73. The molecule has 0 N–H and O–H groups in total. The molecule has 0 spiro atoms. The molecule has 2 rings (SSSR count). The molecule has 0 aliphatic rings. The Bertz CT molecular complexity index is 567. The van der Waals surface area contributed by atoms with E-state index < -0.39 is 0 Å². The molecule has 0 amide bonds. The van der Waals surface area contributed by atoms with Gasteiger partial charge in [0.05, 0.1) is 5.69 Å². The molecule has 0 fully saturated rings. The SMILES string of the molecule is CSC(=[SH+])[N-]N=Cc1nccc2ccccc12.[Pt+2]. The third-order valence-corrected chi connectivity index (χ3v) is 3.29. The minimum atomic E-state index is 0. The number of benzene rings is 1. The largest absolute Gasteiger partial charge is 2.00 e. The molecule has 0 aliphatic heterocycles. The molecule has 2 aromatic rings. The number of rotatable bonds is 2. The van der Waals surface area contributed by atoms with Gasteiger partial charge in [-0.15, -0.1) is 0 Å². The smallest absolute Gasteiger partial charge is 0.520 e. The van der Waals surface area contributed by atoms with E-state index in [4.69, 9.17) is 0 Å². The molecule has 1 aromatic carbocycles. The van der Waals surface area contributed by atoms with Crippen molar-refractivity contribution in [3.8, 4) is 0 Å². The number of nitrogens with zero attached hydrogens (tertiary/aromatic N) is 3. The number of hydrogen-bond acceptors (Lipinski definition) is 3. The number of hydrogen-bond donors (Lipinski definition) is 0. The molecular weight excluding hydrogens is 445 g/mol. The maximum absolute atomic E-state index is 4.28. The van der Waals surface area contributed by atoms with E-state index in [1.807, 2.05) is 36.6 Å². The van der Waals surface area contributed by atoms with E-state index in [-0.39, 0.29) is 21.1 Å². The van der Waals surface area contributed by atoms with Gasteiger partial charge in [0.2, 0.25) is 0 Å². The fourth-order valence-corrected chi connectivity index (χ4v) is 1.60. The summed E-state index contributed by atoms with van der Waals surface area (Å²) in [5, 5.41) is 6.18. The molecule has 3 nitrogen and oxygen atoms in total. The van der Waals surface area contributed by atoms with Crippen LogP contribution in [0.15, 0.2) is 41.6 Å². The van der Waals surface area contributed by atoms with Gasteiger partial charge in [0.15, 0.2) is 16.5 Å². The Hall–Kier alpha value is -0.772. The average molecular weight is 456 g/mol. The number of aromatic nitrogens is 1. The van der Waals surface area contributed by atoms with Crippen LogP contribution >= 0.6 is 11.8 Å². The first-order chi connectivity index (χ1) is 8.31. The summed E-state index contributed by atoms with van der Waals surface area (Å²) in [6.07, 6.45) is 5.32. The summed E-state index contributed by atoms with van der Waals surface area (Å²) >= 11 is 5.57. The maximum atomic E-state index is 4.28. The van der Waals surface area contributed by atoms with Crippen LogP contribution in [0, 0.1) is 0 Å². The van der Waals surface area contributed by atoms with Crippen LogP contribution in [0.1, 0.15) is 5.69 Å². The molecule has 6 heteroatoms. The van der Waals surface area contributed by atoms with Crippen LogP contribution in [0.5, 0.6) is 0 Å². The van der Waals surface area contributed by atoms with Gasteiger partial charge in [-0.3, -0.25) is 4.98 Å². The predicted molar refractivity (Wildman–Crippen MR) is 80.0 cm³/mol. The Kier molecular flexibility index (Phi) is 6.47. The summed E-state index contributed by atoms with van der Waals surface area (Å²) < 4.78 is 0.626. The summed E-state index contributed by atoms with van der Waals surface area (Å²) in [4.78, 5) is 4.28. The van der Waals surface area contributed by atoms with E-state index >= 15 is 0 Å². The van der Waals surface area contributed by atoms with Gasteiger partial charge in [0.1, 0.15) is 0 Å². The van der Waals surface area contributed by atoms with Crippen LogP contribution in [0.3, 0.4) is 0 Å². The average Bonchev–Trinajstić information content (AvgIpc) is 2.39. The fraction of sp³-hybridized carbons (Fsp3) is 0.0833. The van der Waals surface area contributed by atoms with Crippen LogP contribution in [0.25, 0.3) is 16.2 Å². The van der Waals surface area contributed by atoms with Crippen molar-refractivity contribution in [2.24, 2.45) is 5.10 Å². The van der Waals surface area contributed by atoms with Crippen molar-refractivity contribution in [2.45, 2.75) is 0 Å². The third-order valence-electron chi connectivity index (χ3n) is 2.21. The molecule has 0 radical (unpaired) electrons. The first-order valence-electron chi connectivity index (χ1n) is 4.99. The van der Waals surface area contributed by atoms with Crippen molar-refractivity contribution in [3.63, 3.8) is 0 Å². The zero-order valence-electron chi connectivity index (χ0n) is 9.55. The second kappa shape index (κ2) is 7.62. The molecule has 0 atom stereocenters. The van der Waals surface area contributed by atoms with E-state index in [2.05, 4.69) is 27.7 Å². The zero-order chi connectivity index (χ0) is 12.1. The van der Waals surface area contributed by atoms with Gasteiger partial charge in [-0.2, -0.15) is 0 Å². The summed E-state index contributed by atoms with van der Waals surface area (Å²) in [6.45, 7) is 0. The fourth-order valence-electron chi connectivity index (χ4n) is 1.42. The van der Waals surface area contributed by atoms with Crippen LogP contribution < -0.4 is 0 Å². The van der Waals surface area contributed by atoms with E-state index in [1.54, 1.807) is 12.4 Å². The number of fused-ring (bicyclic) bond motifs is 1. The Balaban J connectivity index is 0.00000162. The van der Waals surface area contributed by atoms with Crippen LogP contribution in [-0.2, 0) is 33.3 Å².